The van der Waals surface area contributed by atoms with Gasteiger partial charge in [-0.15, -0.1) is 0 Å². The molecule has 0 aliphatic heterocycles. The quantitative estimate of drug-likeness (QED) is 0.303. The molecule has 23 heavy (non-hydrogen) atoms. The van der Waals surface area contributed by atoms with Crippen LogP contribution in [0.1, 0.15) is 10.4 Å². The third kappa shape index (κ3) is 8.36. The lowest BCUT2D eigenvalue weighted by Gasteiger charge is -2.08. The first-order valence-electron chi connectivity index (χ1n) is 7.51. The fourth-order valence-electron chi connectivity index (χ4n) is 1.68. The van der Waals surface area contributed by atoms with E-state index in [1.54, 1.807) is 18.2 Å². The molecule has 0 aromatic heterocycles. The monoisotopic (exact) mass is 326 g/mol. The van der Waals surface area contributed by atoms with Crippen molar-refractivity contribution in [3.05, 3.63) is 23.8 Å². The number of nitrogen functional groups attached to an aromatic ring is 2. The maximum Gasteiger partial charge on any atom is 0.251 e. The highest BCUT2D eigenvalue weighted by Crippen LogP contribution is 2.15. The number of hydrogen-bond donors (Lipinski definition) is 4. The number of carbonyl (C=O) groups is 1. The summed E-state index contributed by atoms with van der Waals surface area (Å²) >= 11 is 0. The Balaban J connectivity index is 2.00. The Morgan fingerprint density at radius 1 is 0.913 bits per heavy atom. The molecule has 0 aliphatic carbocycles. The Hall–Kier alpha value is -1.87. The molecule has 1 aromatic carbocycles. The normalized spacial score (nSPS) is 10.7. The van der Waals surface area contributed by atoms with Gasteiger partial charge < -0.3 is 36.7 Å². The second kappa shape index (κ2) is 11.7. The highest BCUT2D eigenvalue weighted by atomic mass is 16.5. The summed E-state index contributed by atoms with van der Waals surface area (Å²) < 4.78 is 15.8. The van der Waals surface area contributed by atoms with Gasteiger partial charge in [0.15, 0.2) is 0 Å². The Kier molecular flexibility index (Phi) is 9.73. The van der Waals surface area contributed by atoms with Crippen molar-refractivity contribution in [1.29, 1.82) is 0 Å². The highest BCUT2D eigenvalue weighted by molar-refractivity contribution is 5.95. The second-order valence-electron chi connectivity index (χ2n) is 4.73. The van der Waals surface area contributed by atoms with E-state index in [1.165, 1.54) is 0 Å². The predicted molar refractivity (Wildman–Crippen MR) is 89.1 cm³/mol. The lowest BCUT2D eigenvalue weighted by Crippen LogP contribution is -2.27. The van der Waals surface area contributed by atoms with Crippen LogP contribution in [0.3, 0.4) is 0 Å². The van der Waals surface area contributed by atoms with E-state index in [0.29, 0.717) is 69.7 Å². The minimum absolute atomic E-state index is 0.214. The summed E-state index contributed by atoms with van der Waals surface area (Å²) in [6.07, 6.45) is 0. The van der Waals surface area contributed by atoms with Crippen LogP contribution in [0.5, 0.6) is 0 Å². The second-order valence-corrected chi connectivity index (χ2v) is 4.73. The van der Waals surface area contributed by atoms with Gasteiger partial charge in [-0.05, 0) is 18.2 Å². The Morgan fingerprint density at radius 3 is 2.13 bits per heavy atom. The third-order valence-corrected chi connectivity index (χ3v) is 2.89. The molecule has 8 nitrogen and oxygen atoms in total. The Morgan fingerprint density at radius 2 is 1.52 bits per heavy atom. The summed E-state index contributed by atoms with van der Waals surface area (Å²) in [5.74, 6) is -0.214. The van der Waals surface area contributed by atoms with Gasteiger partial charge in [0.25, 0.3) is 5.91 Å². The smallest absolute Gasteiger partial charge is 0.251 e. The molecule has 8 heteroatoms. The number of nitrogens with two attached hydrogens (primary N) is 3. The standard InChI is InChI=1S/C15H26N4O4/c16-3-5-21-7-9-23-10-8-22-6-4-19-15(20)12-1-2-13(17)14(18)11-12/h1-2,11H,3-10,16-18H2,(H,19,20). The van der Waals surface area contributed by atoms with Gasteiger partial charge in [0.2, 0.25) is 0 Å². The summed E-state index contributed by atoms with van der Waals surface area (Å²) in [7, 11) is 0. The van der Waals surface area contributed by atoms with Crippen LogP contribution >= 0.6 is 0 Å². The average molecular weight is 326 g/mol. The van der Waals surface area contributed by atoms with Crippen molar-refractivity contribution in [2.45, 2.75) is 0 Å². The number of rotatable bonds is 12. The van der Waals surface area contributed by atoms with Gasteiger partial charge in [0, 0.05) is 18.7 Å². The maximum absolute atomic E-state index is 11.9. The first-order chi connectivity index (χ1) is 11.1. The zero-order valence-corrected chi connectivity index (χ0v) is 13.3. The van der Waals surface area contributed by atoms with Crippen LogP contribution in [0.25, 0.3) is 0 Å². The van der Waals surface area contributed by atoms with E-state index in [4.69, 9.17) is 31.4 Å². The number of benzene rings is 1. The van der Waals surface area contributed by atoms with Gasteiger partial charge in [0.05, 0.1) is 51.0 Å². The number of anilines is 2. The summed E-state index contributed by atoms with van der Waals surface area (Å²) in [5, 5.41) is 2.74. The van der Waals surface area contributed by atoms with Crippen LogP contribution in [0.4, 0.5) is 11.4 Å². The molecule has 0 heterocycles. The van der Waals surface area contributed by atoms with E-state index < -0.39 is 0 Å². The van der Waals surface area contributed by atoms with E-state index in [-0.39, 0.29) is 5.91 Å². The molecule has 0 atom stereocenters. The molecule has 1 rings (SSSR count). The van der Waals surface area contributed by atoms with Gasteiger partial charge >= 0.3 is 0 Å². The van der Waals surface area contributed by atoms with Crippen LogP contribution in [0.2, 0.25) is 0 Å². The first-order valence-corrected chi connectivity index (χ1v) is 7.51. The summed E-state index contributed by atoms with van der Waals surface area (Å²) in [6.45, 7) is 3.84. The Bertz CT molecular complexity index is 471. The molecule has 0 aliphatic rings. The van der Waals surface area contributed by atoms with E-state index in [9.17, 15) is 4.79 Å². The lowest BCUT2D eigenvalue weighted by atomic mass is 10.1. The zero-order chi connectivity index (χ0) is 16.9. The maximum atomic E-state index is 11.9. The van der Waals surface area contributed by atoms with Crippen molar-refractivity contribution in [3.8, 4) is 0 Å². The molecule has 0 fully saturated rings. The minimum atomic E-state index is -0.214. The Labute approximate surface area is 136 Å². The number of hydrogen-bond acceptors (Lipinski definition) is 7. The molecule has 130 valence electrons. The van der Waals surface area contributed by atoms with Gasteiger partial charge in [-0.3, -0.25) is 4.79 Å². The molecule has 0 saturated heterocycles. The van der Waals surface area contributed by atoms with Crippen molar-refractivity contribution in [1.82, 2.24) is 5.32 Å². The van der Waals surface area contributed by atoms with E-state index in [0.717, 1.165) is 0 Å². The third-order valence-electron chi connectivity index (χ3n) is 2.89. The van der Waals surface area contributed by atoms with Crippen LogP contribution in [-0.4, -0.2) is 58.6 Å². The number of ether oxygens (including phenoxy) is 3. The molecule has 1 aromatic rings. The average Bonchev–Trinajstić information content (AvgIpc) is 2.55. The summed E-state index contributed by atoms with van der Waals surface area (Å²) in [6, 6.07) is 4.78. The fourth-order valence-corrected chi connectivity index (χ4v) is 1.68. The topological polar surface area (TPSA) is 135 Å². The first kappa shape index (κ1) is 19.2. The molecule has 0 radical (unpaired) electrons. The van der Waals surface area contributed by atoms with Crippen LogP contribution in [0.15, 0.2) is 18.2 Å². The van der Waals surface area contributed by atoms with E-state index in [1.807, 2.05) is 0 Å². The molecular weight excluding hydrogens is 300 g/mol. The molecule has 0 spiro atoms. The van der Waals surface area contributed by atoms with Crippen molar-refractivity contribution in [2.24, 2.45) is 5.73 Å². The number of nitrogens with one attached hydrogen (secondary N) is 1. The van der Waals surface area contributed by atoms with Gasteiger partial charge in [0.1, 0.15) is 0 Å². The largest absolute Gasteiger partial charge is 0.397 e. The summed E-state index contributed by atoms with van der Waals surface area (Å²) in [5.41, 5.74) is 17.9. The lowest BCUT2D eigenvalue weighted by molar-refractivity contribution is 0.0166. The zero-order valence-electron chi connectivity index (χ0n) is 13.3. The molecule has 0 saturated carbocycles. The SMILES string of the molecule is NCCOCCOCCOCCNC(=O)c1ccc(N)c(N)c1. The van der Waals surface area contributed by atoms with Crippen molar-refractivity contribution < 1.29 is 19.0 Å². The van der Waals surface area contributed by atoms with Crippen molar-refractivity contribution in [2.75, 3.05) is 64.2 Å². The fraction of sp³-hybridized carbons (Fsp3) is 0.533. The number of amides is 1. The molecule has 1 amide bonds. The molecule has 0 bridgehead atoms. The highest BCUT2D eigenvalue weighted by Gasteiger charge is 2.06. The van der Waals surface area contributed by atoms with Crippen LogP contribution < -0.4 is 22.5 Å². The molecule has 0 unspecified atom stereocenters. The van der Waals surface area contributed by atoms with Crippen molar-refractivity contribution >= 4 is 17.3 Å². The summed E-state index contributed by atoms with van der Waals surface area (Å²) in [4.78, 5) is 11.9. The molecular formula is C15H26N4O4. The minimum Gasteiger partial charge on any atom is -0.397 e. The van der Waals surface area contributed by atoms with Crippen LogP contribution in [0, 0.1) is 0 Å². The van der Waals surface area contributed by atoms with E-state index in [2.05, 4.69) is 5.32 Å². The van der Waals surface area contributed by atoms with Crippen molar-refractivity contribution in [3.63, 3.8) is 0 Å². The van der Waals surface area contributed by atoms with E-state index >= 15 is 0 Å². The van der Waals surface area contributed by atoms with Gasteiger partial charge in [-0.25, -0.2) is 0 Å². The molecule has 7 N–H and O–H groups in total. The van der Waals surface area contributed by atoms with Crippen LogP contribution in [-0.2, 0) is 14.2 Å². The van der Waals surface area contributed by atoms with Gasteiger partial charge in [-0.1, -0.05) is 0 Å². The van der Waals surface area contributed by atoms with Gasteiger partial charge in [-0.2, -0.15) is 0 Å². The number of carbonyl (C=O) groups excluding carboxylic acids is 1. The predicted octanol–water partition coefficient (Wildman–Crippen LogP) is -0.411.